The van der Waals surface area contributed by atoms with E-state index in [0.717, 1.165) is 12.8 Å². The molecule has 7 heteroatoms. The van der Waals surface area contributed by atoms with Gasteiger partial charge in [-0.2, -0.15) is 13.7 Å². The molecule has 0 N–H and O–H groups in total. The molecular weight excluding hydrogens is 341 g/mol. The molecule has 1 aliphatic carbocycles. The predicted octanol–water partition coefficient (Wildman–Crippen LogP) is 3.28. The molecule has 1 fully saturated rings. The molecule has 128 valence electrons. The maximum Gasteiger partial charge on any atom is 0.326 e. The van der Waals surface area contributed by atoms with Crippen LogP contribution in [0.25, 0.3) is 11.1 Å². The summed E-state index contributed by atoms with van der Waals surface area (Å²) in [5, 5.41) is 9.00. The molecule has 0 saturated heterocycles. The highest BCUT2D eigenvalue weighted by Crippen LogP contribution is 2.44. The van der Waals surface area contributed by atoms with Gasteiger partial charge in [0.25, 0.3) is 0 Å². The fraction of sp³-hybridized carbons (Fsp3) is 0.278. The zero-order valence-corrected chi connectivity index (χ0v) is 14.4. The van der Waals surface area contributed by atoms with Crippen molar-refractivity contribution >= 4 is 21.6 Å². The first-order valence-corrected chi connectivity index (χ1v) is 9.43. The van der Waals surface area contributed by atoms with Crippen molar-refractivity contribution in [3.63, 3.8) is 0 Å². The fourth-order valence-corrected chi connectivity index (χ4v) is 4.61. The van der Waals surface area contributed by atoms with Crippen LogP contribution in [0.15, 0.2) is 36.4 Å². The molecule has 4 rings (SSSR count). The lowest BCUT2D eigenvalue weighted by atomic mass is 10.0. The van der Waals surface area contributed by atoms with Gasteiger partial charge in [-0.15, -0.1) is 0 Å². The molecule has 2 aromatic carbocycles. The maximum atomic E-state index is 14.5. The number of benzene rings is 2. The fourth-order valence-electron chi connectivity index (χ4n) is 3.12. The van der Waals surface area contributed by atoms with Gasteiger partial charge in [0.1, 0.15) is 11.9 Å². The van der Waals surface area contributed by atoms with Gasteiger partial charge in [-0.05, 0) is 42.5 Å². The molecule has 1 heterocycles. The molecule has 2 aliphatic rings. The Morgan fingerprint density at radius 2 is 2.00 bits per heavy atom. The van der Waals surface area contributed by atoms with Crippen molar-refractivity contribution in [3.05, 3.63) is 47.8 Å². The Balaban J connectivity index is 1.82. The molecule has 5 nitrogen and oxygen atoms in total. The van der Waals surface area contributed by atoms with E-state index >= 15 is 0 Å². The van der Waals surface area contributed by atoms with Crippen LogP contribution in [0.2, 0.25) is 0 Å². The Morgan fingerprint density at radius 3 is 2.68 bits per heavy atom. The van der Waals surface area contributed by atoms with Crippen molar-refractivity contribution in [1.82, 2.24) is 0 Å². The normalized spacial score (nSPS) is 18.1. The van der Waals surface area contributed by atoms with Crippen molar-refractivity contribution in [2.75, 3.05) is 22.2 Å². The van der Waals surface area contributed by atoms with E-state index in [9.17, 15) is 12.8 Å². The summed E-state index contributed by atoms with van der Waals surface area (Å²) in [5.41, 5.74) is 1.95. The topological polar surface area (TPSA) is 64.4 Å². The molecule has 1 saturated carbocycles. The molecular formula is C18H16FN3O2S. The Kier molecular flexibility index (Phi) is 3.48. The minimum Gasteiger partial charge on any atom is -0.254 e. The standard InChI is InChI=1S/C18H16FN3O2S/c1-21-17-9-13(15-4-2-3-14(10-20)18(15)19)7-8-16(17)22(25(21,23)24)11-12-5-6-12/h2-4,7-9,12H,5-6,11H2,1H3. The summed E-state index contributed by atoms with van der Waals surface area (Å²) < 4.78 is 42.5. The zero-order valence-electron chi connectivity index (χ0n) is 13.6. The summed E-state index contributed by atoms with van der Waals surface area (Å²) >= 11 is 0. The molecule has 0 unspecified atom stereocenters. The highest BCUT2D eigenvalue weighted by atomic mass is 32.2. The lowest BCUT2D eigenvalue weighted by molar-refractivity contribution is 0.590. The van der Waals surface area contributed by atoms with Crippen LogP contribution in [0.4, 0.5) is 15.8 Å². The summed E-state index contributed by atoms with van der Waals surface area (Å²) in [4.78, 5) is 0. The Bertz CT molecular complexity index is 1010. The van der Waals surface area contributed by atoms with E-state index in [-0.39, 0.29) is 11.1 Å². The summed E-state index contributed by atoms with van der Waals surface area (Å²) in [6.45, 7) is 0.483. The van der Waals surface area contributed by atoms with Crippen molar-refractivity contribution in [2.45, 2.75) is 12.8 Å². The first kappa shape index (κ1) is 15.9. The third-order valence-electron chi connectivity index (χ3n) is 4.76. The van der Waals surface area contributed by atoms with Crippen LogP contribution in [0.3, 0.4) is 0 Å². The molecule has 2 aromatic rings. The third kappa shape index (κ3) is 2.45. The van der Waals surface area contributed by atoms with Crippen LogP contribution < -0.4 is 8.61 Å². The Hall–Kier alpha value is -2.59. The van der Waals surface area contributed by atoms with E-state index < -0.39 is 16.0 Å². The van der Waals surface area contributed by atoms with Crippen LogP contribution in [0.1, 0.15) is 18.4 Å². The number of halogens is 1. The molecule has 1 aliphatic heterocycles. The second-order valence-electron chi connectivity index (χ2n) is 6.43. The van der Waals surface area contributed by atoms with E-state index in [4.69, 9.17) is 5.26 Å². The van der Waals surface area contributed by atoms with Crippen LogP contribution >= 0.6 is 0 Å². The van der Waals surface area contributed by atoms with E-state index in [2.05, 4.69) is 0 Å². The molecule has 0 amide bonds. The zero-order chi connectivity index (χ0) is 17.8. The van der Waals surface area contributed by atoms with Crippen LogP contribution in [0.5, 0.6) is 0 Å². The Morgan fingerprint density at radius 1 is 1.24 bits per heavy atom. The number of rotatable bonds is 3. The largest absolute Gasteiger partial charge is 0.326 e. The molecule has 0 bridgehead atoms. The van der Waals surface area contributed by atoms with Gasteiger partial charge in [0, 0.05) is 19.2 Å². The lowest BCUT2D eigenvalue weighted by Gasteiger charge is -2.18. The van der Waals surface area contributed by atoms with Gasteiger partial charge in [-0.25, -0.2) is 4.39 Å². The Labute approximate surface area is 146 Å². The van der Waals surface area contributed by atoms with Gasteiger partial charge >= 0.3 is 10.2 Å². The van der Waals surface area contributed by atoms with Crippen LogP contribution in [0, 0.1) is 23.1 Å². The average molecular weight is 357 g/mol. The maximum absolute atomic E-state index is 14.5. The van der Waals surface area contributed by atoms with Gasteiger partial charge in [0.05, 0.1) is 16.9 Å². The molecule has 0 aromatic heterocycles. The van der Waals surface area contributed by atoms with Crippen LogP contribution in [-0.2, 0) is 10.2 Å². The smallest absolute Gasteiger partial charge is 0.254 e. The van der Waals surface area contributed by atoms with Crippen molar-refractivity contribution in [3.8, 4) is 17.2 Å². The van der Waals surface area contributed by atoms with Crippen molar-refractivity contribution < 1.29 is 12.8 Å². The van der Waals surface area contributed by atoms with Gasteiger partial charge in [-0.3, -0.25) is 8.61 Å². The quantitative estimate of drug-likeness (QED) is 0.847. The number of nitriles is 1. The molecule has 0 radical (unpaired) electrons. The van der Waals surface area contributed by atoms with E-state index in [0.29, 0.717) is 29.4 Å². The first-order valence-electron chi connectivity index (χ1n) is 8.03. The van der Waals surface area contributed by atoms with Gasteiger partial charge in [0.2, 0.25) is 0 Å². The number of anilines is 2. The minimum atomic E-state index is -3.58. The molecule has 0 atom stereocenters. The summed E-state index contributed by atoms with van der Waals surface area (Å²) in [5.74, 6) is -0.179. The number of hydrogen-bond donors (Lipinski definition) is 0. The van der Waals surface area contributed by atoms with E-state index in [1.807, 2.05) is 6.07 Å². The molecule has 0 spiro atoms. The van der Waals surface area contributed by atoms with Gasteiger partial charge in [0.15, 0.2) is 0 Å². The highest BCUT2D eigenvalue weighted by Gasteiger charge is 2.41. The monoisotopic (exact) mass is 357 g/mol. The van der Waals surface area contributed by atoms with E-state index in [1.165, 1.54) is 21.7 Å². The summed E-state index contributed by atoms with van der Waals surface area (Å²) in [7, 11) is -2.07. The van der Waals surface area contributed by atoms with Crippen molar-refractivity contribution in [2.24, 2.45) is 5.92 Å². The lowest BCUT2D eigenvalue weighted by Crippen LogP contribution is -2.36. The van der Waals surface area contributed by atoms with E-state index in [1.54, 1.807) is 30.3 Å². The van der Waals surface area contributed by atoms with Gasteiger partial charge < -0.3 is 0 Å². The minimum absolute atomic E-state index is 0.0330. The highest BCUT2D eigenvalue weighted by molar-refractivity contribution is 7.94. The predicted molar refractivity (Wildman–Crippen MR) is 93.9 cm³/mol. The number of fused-ring (bicyclic) bond motifs is 1. The third-order valence-corrected chi connectivity index (χ3v) is 6.55. The molecule has 25 heavy (non-hydrogen) atoms. The number of nitrogens with zero attached hydrogens (tertiary/aromatic N) is 3. The van der Waals surface area contributed by atoms with Crippen molar-refractivity contribution in [1.29, 1.82) is 5.26 Å². The number of hydrogen-bond acceptors (Lipinski definition) is 3. The van der Waals surface area contributed by atoms with Crippen LogP contribution in [-0.4, -0.2) is 22.0 Å². The van der Waals surface area contributed by atoms with Gasteiger partial charge in [-0.1, -0.05) is 18.2 Å². The SMILES string of the molecule is CN1c2cc(-c3cccc(C#N)c3F)ccc2N(CC2CC2)S1(=O)=O. The second-order valence-corrected chi connectivity index (χ2v) is 8.32. The average Bonchev–Trinajstić information content (AvgIpc) is 3.40. The second kappa shape index (κ2) is 5.46. The summed E-state index contributed by atoms with van der Waals surface area (Å²) in [6.07, 6.45) is 2.10. The summed E-state index contributed by atoms with van der Waals surface area (Å²) in [6, 6.07) is 11.5. The first-order chi connectivity index (χ1) is 11.9.